The zero-order valence-electron chi connectivity index (χ0n) is 29.0. The van der Waals surface area contributed by atoms with E-state index in [1.54, 1.807) is 0 Å². The van der Waals surface area contributed by atoms with E-state index in [1.165, 1.54) is 115 Å². The highest BCUT2D eigenvalue weighted by Gasteiger charge is 2.40. The molecule has 0 radical (unpaired) electrons. The van der Waals surface area contributed by atoms with E-state index in [0.717, 1.165) is 0 Å². The number of benzene rings is 9. The Morgan fingerprint density at radius 3 is 1.71 bits per heavy atom. The molecule has 1 heterocycles. The van der Waals surface area contributed by atoms with Gasteiger partial charge in [0.15, 0.2) is 0 Å². The highest BCUT2D eigenvalue weighted by molar-refractivity contribution is 6.26. The SMILES string of the molecule is CC1(C)c2ccccc2-c2c1c1c3ccccc3n(-c3ccc(-c4ccc5c6c(cccc46)-c4ccccc4-5)c4ccccc34)c1c1ccccc21. The molecule has 1 nitrogen and oxygen atoms in total. The van der Waals surface area contributed by atoms with E-state index in [9.17, 15) is 0 Å². The average molecular weight is 660 g/mol. The second-order valence-electron chi connectivity index (χ2n) is 15.2. The molecule has 1 heteroatoms. The smallest absolute Gasteiger partial charge is 0.0623 e. The van der Waals surface area contributed by atoms with Gasteiger partial charge in [-0.2, -0.15) is 0 Å². The molecule has 52 heavy (non-hydrogen) atoms. The summed E-state index contributed by atoms with van der Waals surface area (Å²) in [6.45, 7) is 4.83. The topological polar surface area (TPSA) is 4.93 Å². The summed E-state index contributed by atoms with van der Waals surface area (Å²) in [5.74, 6) is 0. The highest BCUT2D eigenvalue weighted by atomic mass is 15.0. The molecule has 0 unspecified atom stereocenters. The normalized spacial score (nSPS) is 13.7. The van der Waals surface area contributed by atoms with Crippen LogP contribution in [0.5, 0.6) is 0 Å². The van der Waals surface area contributed by atoms with Crippen molar-refractivity contribution in [3.63, 3.8) is 0 Å². The van der Waals surface area contributed by atoms with E-state index in [0.29, 0.717) is 0 Å². The van der Waals surface area contributed by atoms with Crippen LogP contribution in [0.1, 0.15) is 25.0 Å². The van der Waals surface area contributed by atoms with Crippen molar-refractivity contribution in [3.8, 4) is 50.2 Å². The monoisotopic (exact) mass is 659 g/mol. The second kappa shape index (κ2) is 9.87. The molecule has 0 aliphatic heterocycles. The largest absolute Gasteiger partial charge is 0.308 e. The lowest BCUT2D eigenvalue weighted by atomic mass is 9.79. The first-order valence-electron chi connectivity index (χ1n) is 18.4. The molecule has 0 saturated carbocycles. The van der Waals surface area contributed by atoms with E-state index >= 15 is 0 Å². The molecule has 2 aliphatic carbocycles. The third-order valence-corrected chi connectivity index (χ3v) is 12.3. The number of hydrogen-bond donors (Lipinski definition) is 0. The number of nitrogens with zero attached hydrogens (tertiary/aromatic N) is 1. The minimum absolute atomic E-state index is 0.148. The quantitative estimate of drug-likeness (QED) is 0.174. The van der Waals surface area contributed by atoms with Gasteiger partial charge in [-0.1, -0.05) is 166 Å². The van der Waals surface area contributed by atoms with Gasteiger partial charge in [-0.25, -0.2) is 0 Å². The van der Waals surface area contributed by atoms with Gasteiger partial charge < -0.3 is 4.57 Å². The first-order valence-corrected chi connectivity index (χ1v) is 18.4. The third kappa shape index (κ3) is 3.39. The maximum absolute atomic E-state index is 2.57. The summed E-state index contributed by atoms with van der Waals surface area (Å²) < 4.78 is 2.57. The van der Waals surface area contributed by atoms with Crippen molar-refractivity contribution >= 4 is 54.1 Å². The van der Waals surface area contributed by atoms with Crippen LogP contribution in [-0.2, 0) is 5.41 Å². The van der Waals surface area contributed by atoms with Crippen molar-refractivity contribution in [1.29, 1.82) is 0 Å². The van der Waals surface area contributed by atoms with Crippen LogP contribution in [0.3, 0.4) is 0 Å². The minimum atomic E-state index is -0.148. The van der Waals surface area contributed by atoms with Crippen LogP contribution in [0.2, 0.25) is 0 Å². The fourth-order valence-electron chi connectivity index (χ4n) is 10.2. The van der Waals surface area contributed by atoms with Gasteiger partial charge in [0, 0.05) is 27.0 Å². The number of hydrogen-bond acceptors (Lipinski definition) is 0. The van der Waals surface area contributed by atoms with Gasteiger partial charge in [-0.3, -0.25) is 0 Å². The predicted molar refractivity (Wildman–Crippen MR) is 221 cm³/mol. The van der Waals surface area contributed by atoms with Gasteiger partial charge in [-0.05, 0) is 89.3 Å². The van der Waals surface area contributed by atoms with Crippen molar-refractivity contribution < 1.29 is 0 Å². The van der Waals surface area contributed by atoms with E-state index in [2.05, 4.69) is 182 Å². The van der Waals surface area contributed by atoms with Crippen molar-refractivity contribution in [3.05, 3.63) is 175 Å². The highest BCUT2D eigenvalue weighted by Crippen LogP contribution is 2.57. The molecule has 0 atom stereocenters. The van der Waals surface area contributed by atoms with E-state index in [4.69, 9.17) is 0 Å². The van der Waals surface area contributed by atoms with Crippen LogP contribution in [0.4, 0.5) is 0 Å². The van der Waals surface area contributed by atoms with Gasteiger partial charge in [-0.15, -0.1) is 0 Å². The molecule has 0 bridgehead atoms. The standard InChI is InChI=1S/C51H33N/c1-51(2)43-24-11-9-20-41(43)47-38-18-7-8-19-40(38)50-48(49(47)51)42-21-10-12-25-44(42)52(50)45-29-28-33(30-14-5-6-17-35(30)45)34-26-27-39-32-16-4-3-15-31(32)36-22-13-23-37(34)46(36)39/h3-29H,1-2H3. The third-order valence-electron chi connectivity index (χ3n) is 12.3. The van der Waals surface area contributed by atoms with Gasteiger partial charge in [0.05, 0.1) is 16.7 Å². The first-order chi connectivity index (χ1) is 25.6. The van der Waals surface area contributed by atoms with Crippen LogP contribution in [-0.4, -0.2) is 4.57 Å². The van der Waals surface area contributed by atoms with Crippen molar-refractivity contribution in [1.82, 2.24) is 4.57 Å². The molecule has 0 saturated heterocycles. The number of rotatable bonds is 2. The Hall–Kier alpha value is -6.44. The van der Waals surface area contributed by atoms with Crippen molar-refractivity contribution in [2.45, 2.75) is 19.3 Å². The Morgan fingerprint density at radius 1 is 0.365 bits per heavy atom. The Kier molecular flexibility index (Phi) is 5.37. The summed E-state index contributed by atoms with van der Waals surface area (Å²) in [5.41, 5.74) is 17.1. The Labute approximate surface area is 302 Å². The van der Waals surface area contributed by atoms with Crippen molar-refractivity contribution in [2.75, 3.05) is 0 Å². The zero-order chi connectivity index (χ0) is 34.3. The Bertz CT molecular complexity index is 3180. The lowest BCUT2D eigenvalue weighted by Gasteiger charge is -2.23. The molecule has 9 aromatic carbocycles. The fourth-order valence-corrected chi connectivity index (χ4v) is 10.2. The molecule has 2 aliphatic rings. The molecule has 1 aromatic heterocycles. The lowest BCUT2D eigenvalue weighted by Crippen LogP contribution is -2.15. The summed E-state index contributed by atoms with van der Waals surface area (Å²) in [5, 5.41) is 10.5. The van der Waals surface area contributed by atoms with Gasteiger partial charge in [0.1, 0.15) is 0 Å². The molecular formula is C51H33N. The zero-order valence-corrected chi connectivity index (χ0v) is 29.0. The van der Waals surface area contributed by atoms with Crippen molar-refractivity contribution in [2.24, 2.45) is 0 Å². The molecule has 0 fully saturated rings. The molecular weight excluding hydrogens is 627 g/mol. The maximum Gasteiger partial charge on any atom is 0.0623 e. The molecule has 12 rings (SSSR count). The Balaban J connectivity index is 1.19. The molecule has 0 N–H and O–H groups in total. The number of para-hydroxylation sites is 1. The van der Waals surface area contributed by atoms with Crippen LogP contribution < -0.4 is 0 Å². The summed E-state index contributed by atoms with van der Waals surface area (Å²) in [6.07, 6.45) is 0. The van der Waals surface area contributed by atoms with Gasteiger partial charge in [0.25, 0.3) is 0 Å². The van der Waals surface area contributed by atoms with Crippen LogP contribution in [0, 0.1) is 0 Å². The second-order valence-corrected chi connectivity index (χ2v) is 15.2. The van der Waals surface area contributed by atoms with E-state index < -0.39 is 0 Å². The summed E-state index contributed by atoms with van der Waals surface area (Å²) >= 11 is 0. The van der Waals surface area contributed by atoms with Crippen LogP contribution in [0.25, 0.3) is 104 Å². The Morgan fingerprint density at radius 2 is 0.904 bits per heavy atom. The molecule has 10 aromatic rings. The maximum atomic E-state index is 2.57. The van der Waals surface area contributed by atoms with Crippen LogP contribution in [0.15, 0.2) is 164 Å². The van der Waals surface area contributed by atoms with Gasteiger partial charge in [0.2, 0.25) is 0 Å². The van der Waals surface area contributed by atoms with Gasteiger partial charge >= 0.3 is 0 Å². The molecule has 0 amide bonds. The minimum Gasteiger partial charge on any atom is -0.308 e. The first kappa shape index (κ1) is 28.3. The molecule has 242 valence electrons. The van der Waals surface area contributed by atoms with E-state index in [-0.39, 0.29) is 5.41 Å². The summed E-state index contributed by atoms with van der Waals surface area (Å²) in [6, 6.07) is 61.3. The number of aromatic nitrogens is 1. The summed E-state index contributed by atoms with van der Waals surface area (Å²) in [4.78, 5) is 0. The summed E-state index contributed by atoms with van der Waals surface area (Å²) in [7, 11) is 0. The predicted octanol–water partition coefficient (Wildman–Crippen LogP) is 13.9. The average Bonchev–Trinajstić information content (AvgIpc) is 3.79. The fraction of sp³-hybridized carbons (Fsp3) is 0.0588. The van der Waals surface area contributed by atoms with Crippen LogP contribution >= 0.6 is 0 Å². The molecule has 0 spiro atoms. The van der Waals surface area contributed by atoms with E-state index in [1.807, 2.05) is 0 Å². The lowest BCUT2D eigenvalue weighted by molar-refractivity contribution is 0.667. The number of fused-ring (bicyclic) bond motifs is 14.